The summed E-state index contributed by atoms with van der Waals surface area (Å²) in [6.45, 7) is 1.22. The number of carboxylic acids is 1. The first kappa shape index (κ1) is 13.6. The van der Waals surface area contributed by atoms with Crippen LogP contribution in [0.25, 0.3) is 0 Å². The van der Waals surface area contributed by atoms with Crippen LogP contribution in [0.15, 0.2) is 22.7 Å². The number of hydrogen-bond acceptors (Lipinski definition) is 2. The Bertz CT molecular complexity index is 442. The molecule has 1 rings (SSSR count). The highest BCUT2D eigenvalue weighted by molar-refractivity contribution is 9.10. The van der Waals surface area contributed by atoms with Gasteiger partial charge in [-0.3, -0.25) is 9.59 Å². The van der Waals surface area contributed by atoms with E-state index in [2.05, 4.69) is 15.9 Å². The fraction of sp³-hybridized carbons (Fsp3) is 0.273. The summed E-state index contributed by atoms with van der Waals surface area (Å²) in [4.78, 5) is 22.2. The highest BCUT2D eigenvalue weighted by Crippen LogP contribution is 2.25. The number of benzene rings is 1. The van der Waals surface area contributed by atoms with Crippen molar-refractivity contribution in [1.82, 2.24) is 0 Å². The van der Waals surface area contributed by atoms with Crippen molar-refractivity contribution in [3.8, 4) is 0 Å². The lowest BCUT2D eigenvalue weighted by Gasteiger charge is -2.20. The van der Waals surface area contributed by atoms with Crippen LogP contribution in [0.3, 0.4) is 0 Å². The smallest absolute Gasteiger partial charge is 0.319 e. The van der Waals surface area contributed by atoms with Crippen molar-refractivity contribution < 1.29 is 19.1 Å². The molecule has 3 N–H and O–H groups in total. The summed E-state index contributed by atoms with van der Waals surface area (Å²) in [5.41, 5.74) is 3.72. The molecule has 0 saturated carbocycles. The van der Waals surface area contributed by atoms with Crippen LogP contribution in [0.4, 0.5) is 4.39 Å². The van der Waals surface area contributed by atoms with E-state index in [9.17, 15) is 14.0 Å². The van der Waals surface area contributed by atoms with E-state index in [1.165, 1.54) is 19.1 Å². The monoisotopic (exact) mass is 303 g/mol. The van der Waals surface area contributed by atoms with Crippen LogP contribution in [-0.2, 0) is 16.0 Å². The fourth-order valence-electron chi connectivity index (χ4n) is 1.39. The molecule has 0 spiro atoms. The maximum atomic E-state index is 13.1. The fourth-order valence-corrected chi connectivity index (χ4v) is 1.90. The SMILES string of the molecule is CC(Cc1cc(F)cc(Br)c1)(C(N)=O)C(=O)O. The van der Waals surface area contributed by atoms with Crippen molar-refractivity contribution in [3.63, 3.8) is 0 Å². The number of carbonyl (C=O) groups excluding carboxylic acids is 1. The van der Waals surface area contributed by atoms with E-state index in [1.807, 2.05) is 0 Å². The van der Waals surface area contributed by atoms with Crippen LogP contribution in [0.1, 0.15) is 12.5 Å². The van der Waals surface area contributed by atoms with Crippen LogP contribution in [0, 0.1) is 11.2 Å². The van der Waals surface area contributed by atoms with Gasteiger partial charge in [0, 0.05) is 4.47 Å². The molecule has 1 atom stereocenters. The van der Waals surface area contributed by atoms with Crippen molar-refractivity contribution in [3.05, 3.63) is 34.1 Å². The maximum absolute atomic E-state index is 13.1. The zero-order chi connectivity index (χ0) is 13.2. The summed E-state index contributed by atoms with van der Waals surface area (Å²) in [5.74, 6) is -2.79. The van der Waals surface area contributed by atoms with Gasteiger partial charge in [-0.1, -0.05) is 15.9 Å². The molecule has 0 aliphatic carbocycles. The lowest BCUT2D eigenvalue weighted by Crippen LogP contribution is -2.43. The number of aliphatic carboxylic acids is 1. The van der Waals surface area contributed by atoms with Crippen molar-refractivity contribution in [2.45, 2.75) is 13.3 Å². The predicted molar refractivity (Wildman–Crippen MR) is 62.7 cm³/mol. The summed E-state index contributed by atoms with van der Waals surface area (Å²) in [5, 5.41) is 9.00. The molecule has 1 unspecified atom stereocenters. The largest absolute Gasteiger partial charge is 0.480 e. The number of hydrogen-bond donors (Lipinski definition) is 2. The zero-order valence-electron chi connectivity index (χ0n) is 9.04. The van der Waals surface area contributed by atoms with Gasteiger partial charge in [0.05, 0.1) is 0 Å². The molecule has 1 aromatic carbocycles. The van der Waals surface area contributed by atoms with E-state index in [-0.39, 0.29) is 6.42 Å². The Hall–Kier alpha value is -1.43. The molecule has 0 aliphatic rings. The van der Waals surface area contributed by atoms with Gasteiger partial charge in [0.2, 0.25) is 5.91 Å². The molecule has 0 saturated heterocycles. The van der Waals surface area contributed by atoms with E-state index < -0.39 is 23.1 Å². The molecule has 92 valence electrons. The Morgan fingerprint density at radius 1 is 1.47 bits per heavy atom. The number of rotatable bonds is 4. The highest BCUT2D eigenvalue weighted by atomic mass is 79.9. The standard InChI is InChI=1S/C11H11BrFNO3/c1-11(9(14)15,10(16)17)5-6-2-7(12)4-8(13)3-6/h2-4H,5H2,1H3,(H2,14,15)(H,16,17). The Morgan fingerprint density at radius 2 is 2.06 bits per heavy atom. The van der Waals surface area contributed by atoms with E-state index in [0.29, 0.717) is 10.0 Å². The lowest BCUT2D eigenvalue weighted by atomic mass is 9.83. The first-order chi connectivity index (χ1) is 7.75. The van der Waals surface area contributed by atoms with Gasteiger partial charge in [-0.15, -0.1) is 0 Å². The number of nitrogens with two attached hydrogens (primary N) is 1. The summed E-state index contributed by atoms with van der Waals surface area (Å²) in [6.07, 6.45) is -0.159. The summed E-state index contributed by atoms with van der Waals surface area (Å²) >= 11 is 3.09. The highest BCUT2D eigenvalue weighted by Gasteiger charge is 2.39. The molecule has 4 nitrogen and oxygen atoms in total. The molecule has 0 heterocycles. The number of amides is 1. The van der Waals surface area contributed by atoms with Gasteiger partial charge in [0.15, 0.2) is 0 Å². The maximum Gasteiger partial charge on any atom is 0.319 e. The molecule has 6 heteroatoms. The molecule has 0 radical (unpaired) electrons. The Morgan fingerprint density at radius 3 is 2.47 bits per heavy atom. The van der Waals surface area contributed by atoms with Crippen molar-refractivity contribution in [2.75, 3.05) is 0 Å². The van der Waals surface area contributed by atoms with Crippen molar-refractivity contribution in [1.29, 1.82) is 0 Å². The molecule has 0 fully saturated rings. The van der Waals surface area contributed by atoms with Gasteiger partial charge in [-0.05, 0) is 37.1 Å². The van der Waals surface area contributed by atoms with Crippen molar-refractivity contribution >= 4 is 27.8 Å². The first-order valence-electron chi connectivity index (χ1n) is 4.74. The van der Waals surface area contributed by atoms with Gasteiger partial charge < -0.3 is 10.8 Å². The van der Waals surface area contributed by atoms with Crippen LogP contribution in [0.2, 0.25) is 0 Å². The second kappa shape index (κ2) is 4.83. The molecule has 1 aromatic rings. The number of carbonyl (C=O) groups is 2. The average molecular weight is 304 g/mol. The van der Waals surface area contributed by atoms with E-state index in [0.717, 1.165) is 0 Å². The molecular weight excluding hydrogens is 293 g/mol. The molecule has 0 bridgehead atoms. The third-order valence-corrected chi connectivity index (χ3v) is 2.95. The quantitative estimate of drug-likeness (QED) is 0.831. The number of carboxylic acid groups (broad SMARTS) is 1. The second-order valence-electron chi connectivity index (χ2n) is 3.96. The van der Waals surface area contributed by atoms with Gasteiger partial charge in [-0.2, -0.15) is 0 Å². The van der Waals surface area contributed by atoms with Gasteiger partial charge in [-0.25, -0.2) is 4.39 Å². The average Bonchev–Trinajstić information content (AvgIpc) is 2.14. The Labute approximate surface area is 106 Å². The minimum Gasteiger partial charge on any atom is -0.480 e. The summed E-state index contributed by atoms with van der Waals surface area (Å²) in [7, 11) is 0. The van der Waals surface area contributed by atoms with Crippen molar-refractivity contribution in [2.24, 2.45) is 11.1 Å². The molecular formula is C11H11BrFNO3. The lowest BCUT2D eigenvalue weighted by molar-refractivity contribution is -0.153. The third-order valence-electron chi connectivity index (χ3n) is 2.50. The molecule has 0 aliphatic heterocycles. The van der Waals surface area contributed by atoms with E-state index >= 15 is 0 Å². The second-order valence-corrected chi connectivity index (χ2v) is 4.87. The minimum atomic E-state index is -1.74. The molecule has 17 heavy (non-hydrogen) atoms. The normalized spacial score (nSPS) is 14.1. The van der Waals surface area contributed by atoms with E-state index in [4.69, 9.17) is 10.8 Å². The molecule has 1 amide bonds. The predicted octanol–water partition coefficient (Wildman–Crippen LogP) is 1.71. The topological polar surface area (TPSA) is 80.4 Å². The first-order valence-corrected chi connectivity index (χ1v) is 5.53. The number of halogens is 2. The number of primary amides is 1. The minimum absolute atomic E-state index is 0.159. The Kier molecular flexibility index (Phi) is 3.87. The van der Waals surface area contributed by atoms with E-state index in [1.54, 1.807) is 6.07 Å². The van der Waals surface area contributed by atoms with Gasteiger partial charge in [0.1, 0.15) is 11.2 Å². The Balaban J connectivity index is 3.10. The van der Waals surface area contributed by atoms with Gasteiger partial charge in [0.25, 0.3) is 0 Å². The molecule has 0 aromatic heterocycles. The summed E-state index contributed by atoms with van der Waals surface area (Å²) in [6, 6.07) is 3.97. The van der Waals surface area contributed by atoms with Crippen LogP contribution in [0.5, 0.6) is 0 Å². The van der Waals surface area contributed by atoms with Gasteiger partial charge >= 0.3 is 5.97 Å². The zero-order valence-corrected chi connectivity index (χ0v) is 10.6. The van der Waals surface area contributed by atoms with Crippen LogP contribution < -0.4 is 5.73 Å². The summed E-state index contributed by atoms with van der Waals surface area (Å²) < 4.78 is 13.6. The van der Waals surface area contributed by atoms with Crippen LogP contribution >= 0.6 is 15.9 Å². The third kappa shape index (κ3) is 3.03. The van der Waals surface area contributed by atoms with Crippen LogP contribution in [-0.4, -0.2) is 17.0 Å².